The molecule has 1 heteroatoms. The third-order valence-electron chi connectivity index (χ3n) is 9.47. The lowest BCUT2D eigenvalue weighted by Gasteiger charge is -2.58. The summed E-state index contributed by atoms with van der Waals surface area (Å²) in [6.45, 7) is 12.2. The van der Waals surface area contributed by atoms with E-state index in [1.807, 2.05) is 6.08 Å². The van der Waals surface area contributed by atoms with E-state index in [-0.39, 0.29) is 0 Å². The van der Waals surface area contributed by atoms with Crippen LogP contribution in [0.25, 0.3) is 0 Å². The Bertz CT molecular complexity index is 655. The van der Waals surface area contributed by atoms with Gasteiger partial charge in [0.15, 0.2) is 5.78 Å². The summed E-state index contributed by atoms with van der Waals surface area (Å²) in [5.41, 5.74) is 2.36. The van der Waals surface area contributed by atoms with E-state index in [1.165, 1.54) is 44.1 Å². The first-order chi connectivity index (χ1) is 12.8. The van der Waals surface area contributed by atoms with Gasteiger partial charge in [0.1, 0.15) is 0 Å². The van der Waals surface area contributed by atoms with E-state index in [4.69, 9.17) is 0 Å². The van der Waals surface area contributed by atoms with E-state index < -0.39 is 0 Å². The summed E-state index contributed by atoms with van der Waals surface area (Å²) in [7, 11) is 0. The number of fused-ring (bicyclic) bond motifs is 5. The Morgan fingerprint density at radius 3 is 2.48 bits per heavy atom. The van der Waals surface area contributed by atoms with Crippen molar-refractivity contribution in [2.24, 2.45) is 46.3 Å². The molecular weight excluding hydrogens is 328 g/mol. The Labute approximate surface area is 167 Å². The van der Waals surface area contributed by atoms with Gasteiger partial charge in [0, 0.05) is 6.42 Å². The first-order valence-electron chi connectivity index (χ1n) is 11.7. The second kappa shape index (κ2) is 6.89. The molecule has 0 aromatic heterocycles. The Morgan fingerprint density at radius 2 is 1.74 bits per heavy atom. The molecule has 4 aliphatic carbocycles. The van der Waals surface area contributed by atoms with E-state index in [0.717, 1.165) is 36.5 Å². The zero-order valence-electron chi connectivity index (χ0n) is 18.3. The Kier molecular flexibility index (Phi) is 4.97. The highest BCUT2D eigenvalue weighted by atomic mass is 16.1. The molecule has 27 heavy (non-hydrogen) atoms. The van der Waals surface area contributed by atoms with Gasteiger partial charge in [-0.1, -0.05) is 52.3 Å². The molecule has 0 aliphatic heterocycles. The van der Waals surface area contributed by atoms with Crippen LogP contribution in [0.5, 0.6) is 0 Å². The van der Waals surface area contributed by atoms with Crippen LogP contribution in [0.15, 0.2) is 23.8 Å². The Hall–Kier alpha value is -0.850. The van der Waals surface area contributed by atoms with Crippen LogP contribution in [0.4, 0.5) is 0 Å². The molecule has 0 aromatic carbocycles. The molecule has 0 aromatic rings. The minimum absolute atomic E-state index is 0.319. The zero-order chi connectivity index (χ0) is 19.4. The normalized spacial score (nSPS) is 45.4. The first kappa shape index (κ1) is 19.5. The van der Waals surface area contributed by atoms with Gasteiger partial charge < -0.3 is 0 Å². The molecule has 0 N–H and O–H groups in total. The quantitative estimate of drug-likeness (QED) is 0.491. The van der Waals surface area contributed by atoms with Crippen LogP contribution in [-0.4, -0.2) is 5.78 Å². The molecule has 0 spiro atoms. The summed E-state index contributed by atoms with van der Waals surface area (Å²) in [5.74, 6) is 5.23. The van der Waals surface area contributed by atoms with E-state index in [1.54, 1.807) is 0 Å². The fourth-order valence-corrected chi connectivity index (χ4v) is 8.00. The van der Waals surface area contributed by atoms with Crippen LogP contribution in [0.2, 0.25) is 0 Å². The van der Waals surface area contributed by atoms with Crippen LogP contribution in [0.1, 0.15) is 86.0 Å². The molecule has 7 atom stereocenters. The topological polar surface area (TPSA) is 17.1 Å². The molecular formula is C26H40O. The lowest BCUT2D eigenvalue weighted by molar-refractivity contribution is -0.117. The third kappa shape index (κ3) is 3.08. The zero-order valence-corrected chi connectivity index (χ0v) is 18.3. The average Bonchev–Trinajstić information content (AvgIpc) is 2.97. The summed E-state index contributed by atoms with van der Waals surface area (Å²) in [6, 6.07) is 0. The summed E-state index contributed by atoms with van der Waals surface area (Å²) in [4.78, 5) is 12.0. The minimum atomic E-state index is 0.319. The molecule has 3 fully saturated rings. The van der Waals surface area contributed by atoms with Crippen LogP contribution in [-0.2, 0) is 4.79 Å². The van der Waals surface area contributed by atoms with Gasteiger partial charge in [-0.3, -0.25) is 4.79 Å². The highest BCUT2D eigenvalue weighted by Crippen LogP contribution is 2.67. The number of rotatable bonds is 3. The summed E-state index contributed by atoms with van der Waals surface area (Å²) in [5, 5.41) is 0. The highest BCUT2D eigenvalue weighted by Gasteiger charge is 2.59. The van der Waals surface area contributed by atoms with Crippen molar-refractivity contribution in [3.05, 3.63) is 23.8 Å². The van der Waals surface area contributed by atoms with Gasteiger partial charge in [-0.2, -0.15) is 0 Å². The maximum Gasteiger partial charge on any atom is 0.155 e. The van der Waals surface area contributed by atoms with Crippen molar-refractivity contribution in [2.75, 3.05) is 0 Å². The van der Waals surface area contributed by atoms with Crippen molar-refractivity contribution in [1.82, 2.24) is 0 Å². The van der Waals surface area contributed by atoms with Crippen LogP contribution < -0.4 is 0 Å². The monoisotopic (exact) mass is 368 g/mol. The van der Waals surface area contributed by atoms with Crippen LogP contribution in [0.3, 0.4) is 0 Å². The van der Waals surface area contributed by atoms with Gasteiger partial charge in [0.25, 0.3) is 0 Å². The predicted octanol–water partition coefficient (Wildman–Crippen LogP) is 6.98. The Morgan fingerprint density at radius 1 is 0.963 bits per heavy atom. The molecule has 1 nitrogen and oxygen atoms in total. The molecule has 0 bridgehead atoms. The molecule has 3 saturated carbocycles. The van der Waals surface area contributed by atoms with Gasteiger partial charge in [0.05, 0.1) is 0 Å². The highest BCUT2D eigenvalue weighted by molar-refractivity contribution is 5.91. The Balaban J connectivity index is 1.57. The van der Waals surface area contributed by atoms with Gasteiger partial charge in [-0.25, -0.2) is 0 Å². The number of ketones is 1. The lowest BCUT2D eigenvalue weighted by Crippen LogP contribution is -2.50. The van der Waals surface area contributed by atoms with Crippen molar-refractivity contribution in [2.45, 2.75) is 86.0 Å². The fraction of sp³-hybridized carbons (Fsp3) is 0.808. The minimum Gasteiger partial charge on any atom is -0.295 e. The fourth-order valence-electron chi connectivity index (χ4n) is 8.00. The van der Waals surface area contributed by atoms with Crippen LogP contribution >= 0.6 is 0 Å². The van der Waals surface area contributed by atoms with Crippen molar-refractivity contribution >= 4 is 5.78 Å². The molecule has 0 radical (unpaired) electrons. The van der Waals surface area contributed by atoms with Crippen molar-refractivity contribution < 1.29 is 4.79 Å². The van der Waals surface area contributed by atoms with E-state index in [0.29, 0.717) is 28.4 Å². The largest absolute Gasteiger partial charge is 0.295 e. The molecule has 4 rings (SSSR count). The number of carbonyl (C=O) groups is 1. The summed E-state index contributed by atoms with van der Waals surface area (Å²) in [6.07, 6.45) is 17.1. The van der Waals surface area contributed by atoms with Crippen molar-refractivity contribution in [3.8, 4) is 0 Å². The number of allylic oxidation sites excluding steroid dienone is 3. The molecule has 4 aliphatic rings. The molecule has 0 unspecified atom stereocenters. The first-order valence-corrected chi connectivity index (χ1v) is 11.7. The number of hydrogen-bond acceptors (Lipinski definition) is 1. The number of hydrogen-bond donors (Lipinski definition) is 0. The summed E-state index contributed by atoms with van der Waals surface area (Å²) < 4.78 is 0. The standard InChI is InChI=1S/C26H40O/c1-17(2)6-7-18(3)22-10-11-23-21-9-8-19-16-20(27)12-14-25(19,4)24(21)13-15-26(22,23)5/h6-7,16-18,21-24H,8-15H2,1-5H3/b7-6+/t18-,21+,22-,23+,24+,25+,26-/m1/s1. The average molecular weight is 369 g/mol. The van der Waals surface area contributed by atoms with Gasteiger partial charge in [-0.15, -0.1) is 0 Å². The van der Waals surface area contributed by atoms with Crippen LogP contribution in [0, 0.1) is 46.3 Å². The third-order valence-corrected chi connectivity index (χ3v) is 9.47. The van der Waals surface area contributed by atoms with Crippen molar-refractivity contribution in [1.29, 1.82) is 0 Å². The predicted molar refractivity (Wildman–Crippen MR) is 113 cm³/mol. The molecule has 150 valence electrons. The maximum atomic E-state index is 12.0. The van der Waals surface area contributed by atoms with E-state index in [9.17, 15) is 4.79 Å². The second-order valence-electron chi connectivity index (χ2n) is 11.2. The maximum absolute atomic E-state index is 12.0. The summed E-state index contributed by atoms with van der Waals surface area (Å²) >= 11 is 0. The van der Waals surface area contributed by atoms with Gasteiger partial charge in [-0.05, 0) is 97.4 Å². The molecule has 0 heterocycles. The van der Waals surface area contributed by atoms with Crippen molar-refractivity contribution in [3.63, 3.8) is 0 Å². The molecule has 0 amide bonds. The van der Waals surface area contributed by atoms with Gasteiger partial charge >= 0.3 is 0 Å². The smallest absolute Gasteiger partial charge is 0.155 e. The van der Waals surface area contributed by atoms with Gasteiger partial charge in [0.2, 0.25) is 0 Å². The number of carbonyl (C=O) groups excluding carboxylic acids is 1. The van der Waals surface area contributed by atoms with E-state index >= 15 is 0 Å². The lowest BCUT2D eigenvalue weighted by atomic mass is 9.46. The van der Waals surface area contributed by atoms with E-state index in [2.05, 4.69) is 46.8 Å². The second-order valence-corrected chi connectivity index (χ2v) is 11.2. The SMILES string of the molecule is CC(C)/C=C/[C@@H](C)[C@H]1CC[C@H]2[C@@H]3CCC4=CC(=O)CC[C@]4(C)[C@H]3CC[C@]12C. The molecule has 0 saturated heterocycles.